The van der Waals surface area contributed by atoms with Gasteiger partial charge in [0.1, 0.15) is 0 Å². The zero-order valence-corrected chi connectivity index (χ0v) is 7.77. The summed E-state index contributed by atoms with van der Waals surface area (Å²) >= 11 is -0.665. The Morgan fingerprint density at radius 1 is 1.07 bits per heavy atom. The standard InChI is InChI=1S/C8H5F5S/c1-4-2-3-5(7(10)6(4)9)14-8(11,12)13/h2-3H,1H3. The van der Waals surface area contributed by atoms with Crippen LogP contribution in [-0.2, 0) is 0 Å². The van der Waals surface area contributed by atoms with Crippen LogP contribution in [0.25, 0.3) is 0 Å². The summed E-state index contributed by atoms with van der Waals surface area (Å²) in [6.45, 7) is 1.28. The first kappa shape index (κ1) is 11.3. The van der Waals surface area contributed by atoms with Crippen molar-refractivity contribution in [2.24, 2.45) is 0 Å². The Balaban J connectivity index is 3.06. The Hall–Kier alpha value is -0.780. The van der Waals surface area contributed by atoms with Crippen LogP contribution >= 0.6 is 11.8 Å². The van der Waals surface area contributed by atoms with Gasteiger partial charge >= 0.3 is 5.51 Å². The minimum atomic E-state index is -4.61. The molecule has 0 unspecified atom stereocenters. The van der Waals surface area contributed by atoms with Crippen LogP contribution in [-0.4, -0.2) is 5.51 Å². The lowest BCUT2D eigenvalue weighted by atomic mass is 10.2. The number of alkyl halides is 3. The molecule has 0 aromatic heterocycles. The number of rotatable bonds is 1. The van der Waals surface area contributed by atoms with E-state index in [-0.39, 0.29) is 5.56 Å². The Labute approximate surface area is 81.1 Å². The van der Waals surface area contributed by atoms with Gasteiger partial charge in [-0.05, 0) is 30.3 Å². The van der Waals surface area contributed by atoms with E-state index >= 15 is 0 Å². The van der Waals surface area contributed by atoms with Crippen molar-refractivity contribution in [1.82, 2.24) is 0 Å². The third-order valence-electron chi connectivity index (χ3n) is 1.47. The molecule has 0 heterocycles. The summed E-state index contributed by atoms with van der Waals surface area (Å²) in [5.74, 6) is -2.69. The average Bonchev–Trinajstić information content (AvgIpc) is 2.04. The van der Waals surface area contributed by atoms with E-state index in [1.54, 1.807) is 0 Å². The van der Waals surface area contributed by atoms with Gasteiger partial charge in [-0.2, -0.15) is 13.2 Å². The lowest BCUT2D eigenvalue weighted by molar-refractivity contribution is -0.0329. The Morgan fingerprint density at radius 2 is 1.64 bits per heavy atom. The van der Waals surface area contributed by atoms with Gasteiger partial charge in [0.25, 0.3) is 0 Å². The summed E-state index contributed by atoms with van der Waals surface area (Å²) in [5, 5.41) is 0. The Kier molecular flexibility index (Phi) is 3.04. The molecule has 0 aliphatic rings. The van der Waals surface area contributed by atoms with Crippen molar-refractivity contribution < 1.29 is 22.0 Å². The van der Waals surface area contributed by atoms with Crippen molar-refractivity contribution in [3.63, 3.8) is 0 Å². The lowest BCUT2D eigenvalue weighted by Gasteiger charge is -2.07. The van der Waals surface area contributed by atoms with E-state index in [9.17, 15) is 22.0 Å². The van der Waals surface area contributed by atoms with Gasteiger partial charge in [-0.3, -0.25) is 0 Å². The number of hydrogen-bond acceptors (Lipinski definition) is 1. The molecule has 0 nitrogen and oxygen atoms in total. The zero-order valence-electron chi connectivity index (χ0n) is 6.95. The summed E-state index contributed by atoms with van der Waals surface area (Å²) in [5.41, 5.74) is -4.63. The van der Waals surface area contributed by atoms with Crippen LogP contribution in [0.5, 0.6) is 0 Å². The maximum absolute atomic E-state index is 12.9. The minimum absolute atomic E-state index is 0.0194. The van der Waals surface area contributed by atoms with Gasteiger partial charge in [-0.1, -0.05) is 6.07 Å². The topological polar surface area (TPSA) is 0 Å². The molecular formula is C8H5F5S. The molecule has 0 saturated heterocycles. The molecule has 0 aliphatic carbocycles. The van der Waals surface area contributed by atoms with Crippen molar-refractivity contribution in [3.05, 3.63) is 29.3 Å². The van der Waals surface area contributed by atoms with Crippen LogP contribution in [0, 0.1) is 18.6 Å². The van der Waals surface area contributed by atoms with E-state index in [1.807, 2.05) is 0 Å². The highest BCUT2D eigenvalue weighted by atomic mass is 32.2. The smallest absolute Gasteiger partial charge is 0.203 e. The molecule has 0 aliphatic heterocycles. The van der Waals surface area contributed by atoms with Gasteiger partial charge in [0.2, 0.25) is 0 Å². The van der Waals surface area contributed by atoms with E-state index in [1.165, 1.54) is 6.92 Å². The second-order valence-corrected chi connectivity index (χ2v) is 3.66. The van der Waals surface area contributed by atoms with Crippen LogP contribution < -0.4 is 0 Å². The van der Waals surface area contributed by atoms with Crippen LogP contribution in [0.4, 0.5) is 22.0 Å². The molecule has 0 bridgehead atoms. The van der Waals surface area contributed by atoms with E-state index in [2.05, 4.69) is 0 Å². The average molecular weight is 228 g/mol. The first-order chi connectivity index (χ1) is 6.31. The van der Waals surface area contributed by atoms with Crippen molar-refractivity contribution in [1.29, 1.82) is 0 Å². The van der Waals surface area contributed by atoms with E-state index in [0.717, 1.165) is 12.1 Å². The number of aryl methyl sites for hydroxylation is 1. The third kappa shape index (κ3) is 2.60. The predicted molar refractivity (Wildman–Crippen MR) is 43.0 cm³/mol. The fraction of sp³-hybridized carbons (Fsp3) is 0.250. The summed E-state index contributed by atoms with van der Waals surface area (Å²) < 4.78 is 61.2. The highest BCUT2D eigenvalue weighted by Gasteiger charge is 2.31. The van der Waals surface area contributed by atoms with E-state index in [0.29, 0.717) is 0 Å². The molecule has 6 heteroatoms. The fourth-order valence-corrected chi connectivity index (χ4v) is 1.40. The maximum Gasteiger partial charge on any atom is 0.446 e. The van der Waals surface area contributed by atoms with Gasteiger partial charge < -0.3 is 0 Å². The minimum Gasteiger partial charge on any atom is -0.203 e. The summed E-state index contributed by atoms with van der Waals surface area (Å²) in [6.07, 6.45) is 0. The van der Waals surface area contributed by atoms with Crippen LogP contribution in [0.1, 0.15) is 5.56 Å². The van der Waals surface area contributed by atoms with Crippen molar-refractivity contribution in [3.8, 4) is 0 Å². The number of benzene rings is 1. The molecule has 1 aromatic rings. The van der Waals surface area contributed by atoms with Crippen LogP contribution in [0.2, 0.25) is 0 Å². The molecule has 0 amide bonds. The second-order valence-electron chi connectivity index (χ2n) is 2.56. The normalized spacial score (nSPS) is 11.9. The largest absolute Gasteiger partial charge is 0.446 e. The van der Waals surface area contributed by atoms with Crippen molar-refractivity contribution >= 4 is 11.8 Å². The third-order valence-corrected chi connectivity index (χ3v) is 2.23. The molecule has 0 spiro atoms. The van der Waals surface area contributed by atoms with Gasteiger partial charge in [-0.15, -0.1) is 0 Å². The van der Waals surface area contributed by atoms with Crippen LogP contribution in [0.3, 0.4) is 0 Å². The highest BCUT2D eigenvalue weighted by molar-refractivity contribution is 8.00. The molecule has 1 aromatic carbocycles. The van der Waals surface area contributed by atoms with E-state index < -0.39 is 33.8 Å². The van der Waals surface area contributed by atoms with Gasteiger partial charge in [0, 0.05) is 0 Å². The fourth-order valence-electron chi connectivity index (χ4n) is 0.832. The van der Waals surface area contributed by atoms with E-state index in [4.69, 9.17) is 0 Å². The molecule has 0 fully saturated rings. The lowest BCUT2D eigenvalue weighted by Crippen LogP contribution is -2.02. The first-order valence-electron chi connectivity index (χ1n) is 3.51. The molecule has 0 radical (unpaired) electrons. The second kappa shape index (κ2) is 3.76. The summed E-state index contributed by atoms with van der Waals surface area (Å²) in [6, 6.07) is 2.01. The molecule has 0 N–H and O–H groups in total. The Morgan fingerprint density at radius 3 is 2.14 bits per heavy atom. The molecule has 14 heavy (non-hydrogen) atoms. The first-order valence-corrected chi connectivity index (χ1v) is 4.33. The summed E-state index contributed by atoms with van der Waals surface area (Å²) in [4.78, 5) is -0.749. The van der Waals surface area contributed by atoms with Gasteiger partial charge in [0.05, 0.1) is 4.90 Å². The highest BCUT2D eigenvalue weighted by Crippen LogP contribution is 2.38. The summed E-state index contributed by atoms with van der Waals surface area (Å²) in [7, 11) is 0. The SMILES string of the molecule is Cc1ccc(SC(F)(F)F)c(F)c1F. The monoisotopic (exact) mass is 228 g/mol. The van der Waals surface area contributed by atoms with Crippen LogP contribution in [0.15, 0.2) is 17.0 Å². The predicted octanol–water partition coefficient (Wildman–Crippen LogP) is 3.89. The molecular weight excluding hydrogens is 223 g/mol. The molecule has 0 saturated carbocycles. The van der Waals surface area contributed by atoms with Crippen molar-refractivity contribution in [2.45, 2.75) is 17.3 Å². The molecule has 78 valence electrons. The molecule has 1 rings (SSSR count). The Bertz CT molecular complexity index is 344. The zero-order chi connectivity index (χ0) is 10.9. The number of halogens is 5. The van der Waals surface area contributed by atoms with Gasteiger partial charge in [0.15, 0.2) is 11.6 Å². The number of hydrogen-bond donors (Lipinski definition) is 0. The quantitative estimate of drug-likeness (QED) is 0.519. The maximum atomic E-state index is 12.9. The number of thioether (sulfide) groups is 1. The van der Waals surface area contributed by atoms with Gasteiger partial charge in [-0.25, -0.2) is 8.78 Å². The molecule has 0 atom stereocenters. The van der Waals surface area contributed by atoms with Crippen molar-refractivity contribution in [2.75, 3.05) is 0 Å².